The van der Waals surface area contributed by atoms with Crippen molar-refractivity contribution >= 4 is 34.5 Å². The number of unbranched alkanes of at least 4 members (excludes halogenated alkanes) is 1. The first-order valence-electron chi connectivity index (χ1n) is 12.7. The van der Waals surface area contributed by atoms with Crippen LogP contribution < -0.4 is 10.6 Å². The summed E-state index contributed by atoms with van der Waals surface area (Å²) in [5.74, 6) is 0.387. The summed E-state index contributed by atoms with van der Waals surface area (Å²) in [6.07, 6.45) is 8.10. The number of likely N-dealkylation sites (N-methyl/N-ethyl adjacent to an activating group) is 1. The molecule has 4 N–H and O–H groups in total. The molecule has 37 heavy (non-hydrogen) atoms. The van der Waals surface area contributed by atoms with Crippen molar-refractivity contribution in [2.24, 2.45) is 0 Å². The van der Waals surface area contributed by atoms with Crippen LogP contribution in [0.5, 0.6) is 0 Å². The molecule has 3 aromatic heterocycles. The molecular formula is C25H35N9O3. The minimum absolute atomic E-state index is 0.0165. The number of pyridine rings is 1. The summed E-state index contributed by atoms with van der Waals surface area (Å²) >= 11 is 0. The first-order chi connectivity index (χ1) is 17.9. The number of aryl methyl sites for hydroxylation is 2. The van der Waals surface area contributed by atoms with Gasteiger partial charge in [-0.1, -0.05) is 6.07 Å². The molecule has 1 aliphatic rings. The first-order valence-corrected chi connectivity index (χ1v) is 12.7. The maximum atomic E-state index is 12.4. The number of nitrogens with zero attached hydrogens (tertiary/aromatic N) is 6. The van der Waals surface area contributed by atoms with Gasteiger partial charge in [-0.05, 0) is 56.7 Å². The quantitative estimate of drug-likeness (QED) is 0.251. The van der Waals surface area contributed by atoms with Crippen LogP contribution in [0.15, 0.2) is 24.7 Å². The van der Waals surface area contributed by atoms with Gasteiger partial charge in [0.25, 0.3) is 0 Å². The van der Waals surface area contributed by atoms with E-state index in [2.05, 4.69) is 42.9 Å². The number of anilines is 2. The van der Waals surface area contributed by atoms with Crippen LogP contribution in [-0.2, 0) is 22.4 Å². The Bertz CT molecular complexity index is 1210. The van der Waals surface area contributed by atoms with Crippen molar-refractivity contribution in [3.05, 3.63) is 35.9 Å². The molecule has 1 atom stereocenters. The lowest BCUT2D eigenvalue weighted by atomic mass is 10.1. The highest BCUT2D eigenvalue weighted by molar-refractivity contribution is 5.87. The number of nitrogens with one attached hydrogen (secondary N) is 3. The number of amides is 1. The highest BCUT2D eigenvalue weighted by Gasteiger charge is 2.22. The summed E-state index contributed by atoms with van der Waals surface area (Å²) < 4.78 is 0. The molecule has 4 rings (SSSR count). The summed E-state index contributed by atoms with van der Waals surface area (Å²) in [7, 11) is 3.45. The Balaban J connectivity index is 1.32. The number of aromatic nitrogens is 5. The normalized spacial score (nSPS) is 13.7. The number of aromatic amines is 1. The zero-order valence-corrected chi connectivity index (χ0v) is 21.4. The zero-order chi connectivity index (χ0) is 26.2. The number of hydrogen-bond acceptors (Lipinski definition) is 9. The van der Waals surface area contributed by atoms with Gasteiger partial charge in [-0.2, -0.15) is 5.10 Å². The standard InChI is InChI=1S/C25H35N9O3/c1-33(2)21(35)15-34(12-4-3-7-18-9-8-17-6-5-11-26-23(17)30-18)13-10-19(25(36)37)31-24-22-20(14-29-32-22)27-16-28-24/h8-9,14,16,19H,3-7,10-13,15H2,1-2H3,(H,26,30)(H,29,32)(H,36,37)(H,27,28,31). The summed E-state index contributed by atoms with van der Waals surface area (Å²) in [5, 5.41) is 22.9. The molecule has 0 saturated heterocycles. The van der Waals surface area contributed by atoms with Gasteiger partial charge >= 0.3 is 5.97 Å². The number of carboxylic acid groups (broad SMARTS) is 1. The number of aliphatic carboxylic acids is 1. The van der Waals surface area contributed by atoms with Gasteiger partial charge in [-0.25, -0.2) is 19.7 Å². The van der Waals surface area contributed by atoms with E-state index in [1.807, 2.05) is 4.90 Å². The van der Waals surface area contributed by atoms with Crippen LogP contribution in [0.3, 0.4) is 0 Å². The summed E-state index contributed by atoms with van der Waals surface area (Å²) in [5.41, 5.74) is 3.50. The fourth-order valence-corrected chi connectivity index (χ4v) is 4.36. The zero-order valence-electron chi connectivity index (χ0n) is 21.4. The Morgan fingerprint density at radius 3 is 2.86 bits per heavy atom. The van der Waals surface area contributed by atoms with E-state index in [9.17, 15) is 14.7 Å². The van der Waals surface area contributed by atoms with Crippen LogP contribution in [0.25, 0.3) is 11.0 Å². The van der Waals surface area contributed by atoms with Gasteiger partial charge in [-0.15, -0.1) is 0 Å². The van der Waals surface area contributed by atoms with Crippen molar-refractivity contribution < 1.29 is 14.7 Å². The van der Waals surface area contributed by atoms with Crippen molar-refractivity contribution in [2.45, 2.75) is 44.6 Å². The molecule has 1 amide bonds. The largest absolute Gasteiger partial charge is 0.480 e. The van der Waals surface area contributed by atoms with Gasteiger partial charge < -0.3 is 20.6 Å². The third-order valence-electron chi connectivity index (χ3n) is 6.55. The molecular weight excluding hydrogens is 474 g/mol. The van der Waals surface area contributed by atoms with Crippen molar-refractivity contribution in [1.29, 1.82) is 0 Å². The lowest BCUT2D eigenvalue weighted by Crippen LogP contribution is -2.40. The number of carboxylic acids is 1. The smallest absolute Gasteiger partial charge is 0.326 e. The lowest BCUT2D eigenvalue weighted by molar-refractivity contribution is -0.138. The second kappa shape index (κ2) is 12.4. The molecule has 1 aliphatic heterocycles. The van der Waals surface area contributed by atoms with E-state index < -0.39 is 12.0 Å². The minimum atomic E-state index is -0.989. The summed E-state index contributed by atoms with van der Waals surface area (Å²) in [6.45, 7) is 2.34. The number of carbonyl (C=O) groups excluding carboxylic acids is 1. The Morgan fingerprint density at radius 1 is 1.19 bits per heavy atom. The SMILES string of the molecule is CN(C)C(=O)CN(CCCCc1ccc2c(n1)NCCC2)CCC(Nc1ncnc2cn[nH]c12)C(=O)O. The summed E-state index contributed by atoms with van der Waals surface area (Å²) in [6, 6.07) is 3.39. The summed E-state index contributed by atoms with van der Waals surface area (Å²) in [4.78, 5) is 41.1. The predicted molar refractivity (Wildman–Crippen MR) is 140 cm³/mol. The first kappa shape index (κ1) is 26.3. The van der Waals surface area contributed by atoms with Crippen molar-refractivity contribution in [2.75, 3.05) is 50.9 Å². The molecule has 0 radical (unpaired) electrons. The van der Waals surface area contributed by atoms with Crippen LogP contribution in [0.4, 0.5) is 11.6 Å². The van der Waals surface area contributed by atoms with Crippen molar-refractivity contribution in [3.8, 4) is 0 Å². The van der Waals surface area contributed by atoms with E-state index in [1.54, 1.807) is 25.2 Å². The predicted octanol–water partition coefficient (Wildman–Crippen LogP) is 1.77. The van der Waals surface area contributed by atoms with Crippen LogP contribution in [-0.4, -0.2) is 98.2 Å². The Labute approximate surface area is 215 Å². The Hall–Kier alpha value is -3.80. The molecule has 1 unspecified atom stereocenters. The Kier molecular flexibility index (Phi) is 8.83. The molecule has 3 aromatic rings. The molecule has 0 fully saturated rings. The topological polar surface area (TPSA) is 152 Å². The number of hydrogen-bond donors (Lipinski definition) is 4. The van der Waals surface area contributed by atoms with Crippen molar-refractivity contribution in [3.63, 3.8) is 0 Å². The van der Waals surface area contributed by atoms with E-state index in [0.29, 0.717) is 36.4 Å². The van der Waals surface area contributed by atoms with E-state index in [0.717, 1.165) is 50.2 Å². The fourth-order valence-electron chi connectivity index (χ4n) is 4.36. The number of carbonyl (C=O) groups is 2. The maximum absolute atomic E-state index is 12.4. The molecule has 0 spiro atoms. The number of fused-ring (bicyclic) bond motifs is 2. The van der Waals surface area contributed by atoms with Gasteiger partial charge in [-0.3, -0.25) is 14.8 Å². The third kappa shape index (κ3) is 7.13. The van der Waals surface area contributed by atoms with Crippen LogP contribution in [0, 0.1) is 0 Å². The van der Waals surface area contributed by atoms with Gasteiger partial charge in [0.2, 0.25) is 5.91 Å². The fraction of sp³-hybridized carbons (Fsp3) is 0.520. The molecule has 0 saturated carbocycles. The minimum Gasteiger partial charge on any atom is -0.480 e. The molecule has 12 nitrogen and oxygen atoms in total. The van der Waals surface area contributed by atoms with Crippen molar-refractivity contribution in [1.82, 2.24) is 34.9 Å². The van der Waals surface area contributed by atoms with Gasteiger partial charge in [0.05, 0.1) is 12.7 Å². The van der Waals surface area contributed by atoms with E-state index >= 15 is 0 Å². The highest BCUT2D eigenvalue weighted by Crippen LogP contribution is 2.20. The molecule has 0 aromatic carbocycles. The number of rotatable bonds is 13. The lowest BCUT2D eigenvalue weighted by Gasteiger charge is -2.25. The average molecular weight is 510 g/mol. The molecule has 0 bridgehead atoms. The molecule has 4 heterocycles. The monoisotopic (exact) mass is 509 g/mol. The Morgan fingerprint density at radius 2 is 2.05 bits per heavy atom. The third-order valence-corrected chi connectivity index (χ3v) is 6.55. The molecule has 12 heteroatoms. The van der Waals surface area contributed by atoms with E-state index in [1.165, 1.54) is 11.9 Å². The molecule has 0 aliphatic carbocycles. The van der Waals surface area contributed by atoms with Crippen LogP contribution in [0.2, 0.25) is 0 Å². The number of H-pyrrole nitrogens is 1. The van der Waals surface area contributed by atoms with E-state index in [-0.39, 0.29) is 12.5 Å². The molecule has 198 valence electrons. The highest BCUT2D eigenvalue weighted by atomic mass is 16.4. The average Bonchev–Trinajstić information content (AvgIpc) is 3.38. The van der Waals surface area contributed by atoms with Gasteiger partial charge in [0.15, 0.2) is 5.82 Å². The second-order valence-corrected chi connectivity index (χ2v) is 9.54. The van der Waals surface area contributed by atoms with Crippen LogP contribution in [0.1, 0.15) is 36.9 Å². The van der Waals surface area contributed by atoms with Crippen LogP contribution >= 0.6 is 0 Å². The van der Waals surface area contributed by atoms with Gasteiger partial charge in [0, 0.05) is 32.9 Å². The van der Waals surface area contributed by atoms with Gasteiger partial charge in [0.1, 0.15) is 29.2 Å². The second-order valence-electron chi connectivity index (χ2n) is 9.54. The van der Waals surface area contributed by atoms with E-state index in [4.69, 9.17) is 4.98 Å². The maximum Gasteiger partial charge on any atom is 0.326 e.